The minimum atomic E-state index is -0.277. The molecule has 104 valence electrons. The Morgan fingerprint density at radius 2 is 2.35 bits per heavy atom. The van der Waals surface area contributed by atoms with Gasteiger partial charge in [0.05, 0.1) is 6.04 Å². The van der Waals surface area contributed by atoms with E-state index in [4.69, 9.17) is 4.42 Å². The largest absolute Gasteiger partial charge is 0.406 e. The highest BCUT2D eigenvalue weighted by molar-refractivity contribution is 9.10. The minimum Gasteiger partial charge on any atom is -0.406 e. The smallest absolute Gasteiger partial charge is 0.322 e. The predicted octanol–water partition coefficient (Wildman–Crippen LogP) is 2.51. The Hall–Kier alpha value is -1.73. The van der Waals surface area contributed by atoms with Gasteiger partial charge in [0.1, 0.15) is 0 Å². The molecule has 1 unspecified atom stereocenters. The number of carbonyl (C=O) groups is 1. The summed E-state index contributed by atoms with van der Waals surface area (Å²) in [6.45, 7) is 0.951. The molecule has 2 heterocycles. The Morgan fingerprint density at radius 3 is 3.10 bits per heavy atom. The molecule has 1 aromatic heterocycles. The average Bonchev–Trinajstić information content (AvgIpc) is 3.08. The lowest BCUT2D eigenvalue weighted by molar-refractivity contribution is 0.102. The lowest BCUT2D eigenvalue weighted by Gasteiger charge is -2.03. The van der Waals surface area contributed by atoms with Crippen LogP contribution in [0.5, 0.6) is 0 Å². The maximum absolute atomic E-state index is 12.0. The maximum atomic E-state index is 12.0. The number of rotatable bonds is 3. The molecule has 6 nitrogen and oxygen atoms in total. The summed E-state index contributed by atoms with van der Waals surface area (Å²) in [6, 6.07) is 7.31. The van der Waals surface area contributed by atoms with Crippen molar-refractivity contribution in [1.29, 1.82) is 0 Å². The molecular formula is C13H13BrN4O2. The van der Waals surface area contributed by atoms with Gasteiger partial charge in [-0.3, -0.25) is 10.1 Å². The first-order valence-electron chi connectivity index (χ1n) is 6.36. The van der Waals surface area contributed by atoms with Crippen molar-refractivity contribution in [2.45, 2.75) is 18.9 Å². The van der Waals surface area contributed by atoms with E-state index >= 15 is 0 Å². The summed E-state index contributed by atoms with van der Waals surface area (Å²) in [5.41, 5.74) is 0.526. The molecule has 2 N–H and O–H groups in total. The third kappa shape index (κ3) is 2.88. The fourth-order valence-corrected chi connectivity index (χ4v) is 2.52. The highest BCUT2D eigenvalue weighted by atomic mass is 79.9. The van der Waals surface area contributed by atoms with E-state index < -0.39 is 0 Å². The molecular weight excluding hydrogens is 324 g/mol. The van der Waals surface area contributed by atoms with Crippen molar-refractivity contribution in [3.63, 3.8) is 0 Å². The zero-order chi connectivity index (χ0) is 13.9. The van der Waals surface area contributed by atoms with Crippen molar-refractivity contribution in [2.24, 2.45) is 0 Å². The molecule has 1 aliphatic heterocycles. The average molecular weight is 337 g/mol. The molecule has 0 radical (unpaired) electrons. The molecule has 1 fully saturated rings. The van der Waals surface area contributed by atoms with Gasteiger partial charge in [-0.2, -0.15) is 0 Å². The fraction of sp³-hybridized carbons (Fsp3) is 0.308. The quantitative estimate of drug-likeness (QED) is 0.900. The van der Waals surface area contributed by atoms with E-state index in [0.717, 1.165) is 23.9 Å². The van der Waals surface area contributed by atoms with Crippen LogP contribution in [-0.2, 0) is 0 Å². The van der Waals surface area contributed by atoms with Gasteiger partial charge >= 0.3 is 6.01 Å². The highest BCUT2D eigenvalue weighted by Gasteiger charge is 2.22. The predicted molar refractivity (Wildman–Crippen MR) is 76.4 cm³/mol. The van der Waals surface area contributed by atoms with Gasteiger partial charge in [0.15, 0.2) is 0 Å². The molecule has 1 aliphatic rings. The third-order valence-electron chi connectivity index (χ3n) is 3.11. The fourth-order valence-electron chi connectivity index (χ4n) is 2.12. The van der Waals surface area contributed by atoms with Gasteiger partial charge < -0.3 is 9.73 Å². The van der Waals surface area contributed by atoms with E-state index in [1.807, 2.05) is 6.07 Å². The van der Waals surface area contributed by atoms with E-state index in [-0.39, 0.29) is 18.0 Å². The standard InChI is InChI=1S/C13H13BrN4O2/c14-9-4-1-3-8(7-9)11(19)16-13-18-17-12(20-13)10-5-2-6-15-10/h1,3-4,7,10,15H,2,5-6H2,(H,16,18,19). The van der Waals surface area contributed by atoms with E-state index in [1.54, 1.807) is 18.2 Å². The van der Waals surface area contributed by atoms with Crippen LogP contribution in [0.2, 0.25) is 0 Å². The Kier molecular flexibility index (Phi) is 3.79. The molecule has 1 amide bonds. The summed E-state index contributed by atoms with van der Waals surface area (Å²) >= 11 is 3.33. The van der Waals surface area contributed by atoms with Crippen LogP contribution in [-0.4, -0.2) is 22.6 Å². The second-order valence-electron chi connectivity index (χ2n) is 4.56. The zero-order valence-corrected chi connectivity index (χ0v) is 12.2. The number of nitrogens with zero attached hydrogens (tertiary/aromatic N) is 2. The van der Waals surface area contributed by atoms with Gasteiger partial charge in [-0.05, 0) is 37.6 Å². The van der Waals surface area contributed by atoms with Gasteiger partial charge in [0.25, 0.3) is 5.91 Å². The molecule has 1 atom stereocenters. The Morgan fingerprint density at radius 1 is 1.45 bits per heavy atom. The second kappa shape index (κ2) is 5.72. The molecule has 7 heteroatoms. The molecule has 0 bridgehead atoms. The summed E-state index contributed by atoms with van der Waals surface area (Å²) in [7, 11) is 0. The van der Waals surface area contributed by atoms with Crippen LogP contribution in [0.4, 0.5) is 6.01 Å². The topological polar surface area (TPSA) is 80.0 Å². The zero-order valence-electron chi connectivity index (χ0n) is 10.6. The van der Waals surface area contributed by atoms with Gasteiger partial charge in [-0.1, -0.05) is 27.1 Å². The number of hydrogen-bond acceptors (Lipinski definition) is 5. The molecule has 2 aromatic rings. The lowest BCUT2D eigenvalue weighted by Crippen LogP contribution is -2.13. The number of anilines is 1. The number of aromatic nitrogens is 2. The number of benzene rings is 1. The molecule has 3 rings (SSSR count). The highest BCUT2D eigenvalue weighted by Crippen LogP contribution is 2.23. The summed E-state index contributed by atoms with van der Waals surface area (Å²) in [6.07, 6.45) is 2.06. The Bertz CT molecular complexity index is 622. The Balaban J connectivity index is 1.70. The molecule has 1 saturated heterocycles. The van der Waals surface area contributed by atoms with E-state index in [0.29, 0.717) is 11.5 Å². The summed E-state index contributed by atoms with van der Waals surface area (Å²) in [5, 5.41) is 13.7. The summed E-state index contributed by atoms with van der Waals surface area (Å²) in [4.78, 5) is 12.0. The molecule has 20 heavy (non-hydrogen) atoms. The van der Waals surface area contributed by atoms with Crippen molar-refractivity contribution in [2.75, 3.05) is 11.9 Å². The van der Waals surface area contributed by atoms with Crippen LogP contribution in [0.3, 0.4) is 0 Å². The van der Waals surface area contributed by atoms with Crippen molar-refractivity contribution in [3.8, 4) is 0 Å². The van der Waals surface area contributed by atoms with Crippen molar-refractivity contribution in [1.82, 2.24) is 15.5 Å². The van der Waals surface area contributed by atoms with Crippen molar-refractivity contribution >= 4 is 27.9 Å². The van der Waals surface area contributed by atoms with Gasteiger partial charge in [0, 0.05) is 10.0 Å². The van der Waals surface area contributed by atoms with Crippen LogP contribution in [0.25, 0.3) is 0 Å². The van der Waals surface area contributed by atoms with E-state index in [1.165, 1.54) is 0 Å². The lowest BCUT2D eigenvalue weighted by atomic mass is 10.2. The van der Waals surface area contributed by atoms with E-state index in [9.17, 15) is 4.79 Å². The van der Waals surface area contributed by atoms with Crippen LogP contribution in [0, 0.1) is 0 Å². The molecule has 0 spiro atoms. The van der Waals surface area contributed by atoms with Crippen LogP contribution in [0.15, 0.2) is 33.2 Å². The summed E-state index contributed by atoms with van der Waals surface area (Å²) < 4.78 is 6.30. The number of halogens is 1. The first kappa shape index (κ1) is 13.3. The summed E-state index contributed by atoms with van der Waals surface area (Å²) in [5.74, 6) is 0.243. The van der Waals surface area contributed by atoms with Crippen molar-refractivity contribution < 1.29 is 9.21 Å². The van der Waals surface area contributed by atoms with Gasteiger partial charge in [-0.15, -0.1) is 5.10 Å². The van der Waals surface area contributed by atoms with E-state index in [2.05, 4.69) is 36.8 Å². The van der Waals surface area contributed by atoms with Gasteiger partial charge in [-0.25, -0.2) is 0 Å². The molecule has 0 saturated carbocycles. The monoisotopic (exact) mass is 336 g/mol. The van der Waals surface area contributed by atoms with Crippen LogP contribution in [0.1, 0.15) is 35.1 Å². The molecule has 1 aromatic carbocycles. The Labute approximate surface area is 124 Å². The number of hydrogen-bond donors (Lipinski definition) is 2. The third-order valence-corrected chi connectivity index (χ3v) is 3.60. The number of nitrogens with one attached hydrogen (secondary N) is 2. The minimum absolute atomic E-state index is 0.0963. The normalized spacial score (nSPS) is 18.1. The van der Waals surface area contributed by atoms with Crippen LogP contribution >= 0.6 is 15.9 Å². The van der Waals surface area contributed by atoms with Crippen LogP contribution < -0.4 is 10.6 Å². The van der Waals surface area contributed by atoms with Gasteiger partial charge in [0.2, 0.25) is 5.89 Å². The van der Waals surface area contributed by atoms with Crippen molar-refractivity contribution in [3.05, 3.63) is 40.2 Å². The molecule has 0 aliphatic carbocycles. The maximum Gasteiger partial charge on any atom is 0.322 e. The number of carbonyl (C=O) groups excluding carboxylic acids is 1. The first-order chi connectivity index (χ1) is 9.72. The number of amides is 1. The SMILES string of the molecule is O=C(Nc1nnc(C2CCCN2)o1)c1cccc(Br)c1. The second-order valence-corrected chi connectivity index (χ2v) is 5.47. The first-order valence-corrected chi connectivity index (χ1v) is 7.15.